The number of amides is 1. The number of anilines is 2. The Kier molecular flexibility index (Phi) is 3.02. The van der Waals surface area contributed by atoms with Crippen LogP contribution in [0.25, 0.3) is 0 Å². The third kappa shape index (κ3) is 2.28. The molecule has 4 nitrogen and oxygen atoms in total. The predicted molar refractivity (Wildman–Crippen MR) is 64.5 cm³/mol. The van der Waals surface area contributed by atoms with Crippen LogP contribution in [0.2, 0.25) is 0 Å². The van der Waals surface area contributed by atoms with Crippen LogP contribution in [0.3, 0.4) is 0 Å². The summed E-state index contributed by atoms with van der Waals surface area (Å²) in [5, 5.41) is 14.5. The van der Waals surface area contributed by atoms with Crippen LogP contribution in [0.5, 0.6) is 0 Å². The minimum atomic E-state index is -0.245. The maximum atomic E-state index is 11.2. The van der Waals surface area contributed by atoms with Crippen LogP contribution in [0.4, 0.5) is 11.4 Å². The van der Waals surface area contributed by atoms with E-state index in [0.717, 1.165) is 16.3 Å². The van der Waals surface area contributed by atoms with Gasteiger partial charge in [-0.1, -0.05) is 0 Å². The topological polar surface area (TPSA) is 64.9 Å². The molecule has 16 heavy (non-hydrogen) atoms. The van der Waals surface area contributed by atoms with Gasteiger partial charge in [0.05, 0.1) is 17.5 Å². The molecule has 1 aliphatic heterocycles. The van der Waals surface area contributed by atoms with E-state index >= 15 is 0 Å². The van der Waals surface area contributed by atoms with Gasteiger partial charge in [0, 0.05) is 10.6 Å². The van der Waals surface area contributed by atoms with Gasteiger partial charge in [0.25, 0.3) is 0 Å². The molecule has 2 rings (SSSR count). The largest absolute Gasteiger partial charge is 0.370 e. The van der Waals surface area contributed by atoms with Crippen molar-refractivity contribution in [3.63, 3.8) is 0 Å². The monoisotopic (exact) mass is 233 g/mol. The Morgan fingerprint density at radius 1 is 1.62 bits per heavy atom. The Morgan fingerprint density at radius 3 is 3.19 bits per heavy atom. The molecule has 1 atom stereocenters. The highest BCUT2D eigenvalue weighted by atomic mass is 32.2. The van der Waals surface area contributed by atoms with Gasteiger partial charge in [0.1, 0.15) is 6.04 Å². The second-order valence-electron chi connectivity index (χ2n) is 3.54. The van der Waals surface area contributed by atoms with Crippen molar-refractivity contribution in [2.24, 2.45) is 0 Å². The molecule has 0 bridgehead atoms. The average molecular weight is 233 g/mol. The van der Waals surface area contributed by atoms with Crippen molar-refractivity contribution in [2.45, 2.75) is 17.9 Å². The van der Waals surface area contributed by atoms with E-state index in [9.17, 15) is 4.79 Å². The molecule has 1 aromatic rings. The van der Waals surface area contributed by atoms with E-state index in [0.29, 0.717) is 5.75 Å². The summed E-state index contributed by atoms with van der Waals surface area (Å²) in [6, 6.07) is 7.57. The molecule has 5 heteroatoms. The van der Waals surface area contributed by atoms with Gasteiger partial charge in [-0.05, 0) is 25.1 Å². The Hall–Kier alpha value is -1.67. The number of carbonyl (C=O) groups is 1. The highest BCUT2D eigenvalue weighted by Crippen LogP contribution is 2.33. The van der Waals surface area contributed by atoms with Crippen LogP contribution >= 0.6 is 11.8 Å². The average Bonchev–Trinajstić information content (AvgIpc) is 2.28. The zero-order valence-electron chi connectivity index (χ0n) is 8.78. The number of nitrogens with zero attached hydrogens (tertiary/aromatic N) is 1. The van der Waals surface area contributed by atoms with E-state index in [1.165, 1.54) is 11.8 Å². The van der Waals surface area contributed by atoms with E-state index in [1.807, 2.05) is 18.2 Å². The van der Waals surface area contributed by atoms with Crippen LogP contribution < -0.4 is 10.6 Å². The summed E-state index contributed by atoms with van der Waals surface area (Å²) >= 11 is 1.53. The van der Waals surface area contributed by atoms with Gasteiger partial charge in [-0.3, -0.25) is 4.79 Å². The van der Waals surface area contributed by atoms with Gasteiger partial charge < -0.3 is 10.6 Å². The minimum Gasteiger partial charge on any atom is -0.370 e. The lowest BCUT2D eigenvalue weighted by Gasteiger charge is -2.18. The second kappa shape index (κ2) is 4.45. The standard InChI is InChI=1S/C11H11N3OS/c1-7(5-12)13-8-2-3-10-9(4-8)14-11(15)6-16-10/h2-4,7,13H,6H2,1H3,(H,14,15). The van der Waals surface area contributed by atoms with Crippen LogP contribution in [-0.4, -0.2) is 17.7 Å². The lowest BCUT2D eigenvalue weighted by molar-refractivity contribution is -0.113. The molecule has 1 amide bonds. The predicted octanol–water partition coefficient (Wildman–Crippen LogP) is 2.05. The quantitative estimate of drug-likeness (QED) is 0.820. The molecular weight excluding hydrogens is 222 g/mol. The second-order valence-corrected chi connectivity index (χ2v) is 4.56. The molecule has 1 aliphatic rings. The summed E-state index contributed by atoms with van der Waals surface area (Å²) in [5.41, 5.74) is 1.66. The number of fused-ring (bicyclic) bond motifs is 1. The fourth-order valence-electron chi connectivity index (χ4n) is 1.46. The zero-order valence-corrected chi connectivity index (χ0v) is 9.60. The Labute approximate surface area is 98.0 Å². The molecule has 0 spiro atoms. The molecule has 2 N–H and O–H groups in total. The van der Waals surface area contributed by atoms with Crippen LogP contribution in [0.1, 0.15) is 6.92 Å². The van der Waals surface area contributed by atoms with Crippen molar-refractivity contribution in [3.05, 3.63) is 18.2 Å². The van der Waals surface area contributed by atoms with Gasteiger partial charge in [-0.2, -0.15) is 5.26 Å². The molecule has 0 aromatic heterocycles. The Morgan fingerprint density at radius 2 is 2.44 bits per heavy atom. The SMILES string of the molecule is CC(C#N)Nc1ccc2c(c1)NC(=O)CS2. The van der Waals surface area contributed by atoms with Crippen molar-refractivity contribution in [3.8, 4) is 6.07 Å². The van der Waals surface area contributed by atoms with E-state index in [1.54, 1.807) is 6.92 Å². The number of hydrogen-bond acceptors (Lipinski definition) is 4. The first-order valence-corrected chi connectivity index (χ1v) is 5.90. The van der Waals surface area contributed by atoms with E-state index in [-0.39, 0.29) is 11.9 Å². The van der Waals surface area contributed by atoms with E-state index in [4.69, 9.17) is 5.26 Å². The first-order chi connectivity index (χ1) is 7.69. The molecule has 1 heterocycles. The summed E-state index contributed by atoms with van der Waals surface area (Å²) < 4.78 is 0. The Balaban J connectivity index is 2.22. The number of rotatable bonds is 2. The number of hydrogen-bond donors (Lipinski definition) is 2. The maximum Gasteiger partial charge on any atom is 0.234 e. The third-order valence-corrected chi connectivity index (χ3v) is 3.26. The fourth-order valence-corrected chi connectivity index (χ4v) is 2.24. The number of nitrogens with one attached hydrogen (secondary N) is 2. The molecule has 0 saturated carbocycles. The van der Waals surface area contributed by atoms with Gasteiger partial charge in [0.15, 0.2) is 0 Å². The Bertz CT molecular complexity index is 467. The number of nitriles is 1. The molecule has 82 valence electrons. The van der Waals surface area contributed by atoms with E-state index < -0.39 is 0 Å². The van der Waals surface area contributed by atoms with Crippen molar-refractivity contribution in [2.75, 3.05) is 16.4 Å². The lowest BCUT2D eigenvalue weighted by Crippen LogP contribution is -2.19. The van der Waals surface area contributed by atoms with Gasteiger partial charge in [0.2, 0.25) is 5.91 Å². The van der Waals surface area contributed by atoms with Crippen LogP contribution in [0.15, 0.2) is 23.1 Å². The molecule has 0 aliphatic carbocycles. The molecule has 1 unspecified atom stereocenters. The molecule has 0 fully saturated rings. The first-order valence-electron chi connectivity index (χ1n) is 4.92. The summed E-state index contributed by atoms with van der Waals surface area (Å²) in [4.78, 5) is 12.3. The summed E-state index contributed by atoms with van der Waals surface area (Å²) in [6.45, 7) is 1.78. The first kappa shape index (κ1) is 10.8. The maximum absolute atomic E-state index is 11.2. The fraction of sp³-hybridized carbons (Fsp3) is 0.273. The normalized spacial score (nSPS) is 15.6. The van der Waals surface area contributed by atoms with Crippen molar-refractivity contribution in [1.82, 2.24) is 0 Å². The molecule has 0 saturated heterocycles. The number of thioether (sulfide) groups is 1. The summed E-state index contributed by atoms with van der Waals surface area (Å²) in [7, 11) is 0. The lowest BCUT2D eigenvalue weighted by atomic mass is 10.2. The minimum absolute atomic E-state index is 0.0166. The molecule has 0 radical (unpaired) electrons. The third-order valence-electron chi connectivity index (χ3n) is 2.19. The van der Waals surface area contributed by atoms with Gasteiger partial charge in [-0.15, -0.1) is 11.8 Å². The molecule has 1 aromatic carbocycles. The van der Waals surface area contributed by atoms with Crippen molar-refractivity contribution < 1.29 is 4.79 Å². The highest BCUT2D eigenvalue weighted by Gasteiger charge is 2.15. The summed E-state index contributed by atoms with van der Waals surface area (Å²) in [5.74, 6) is 0.483. The smallest absolute Gasteiger partial charge is 0.234 e. The highest BCUT2D eigenvalue weighted by molar-refractivity contribution is 8.00. The van der Waals surface area contributed by atoms with Crippen molar-refractivity contribution >= 4 is 29.0 Å². The molecular formula is C11H11N3OS. The van der Waals surface area contributed by atoms with Crippen LogP contribution in [0, 0.1) is 11.3 Å². The summed E-state index contributed by atoms with van der Waals surface area (Å²) in [6.07, 6.45) is 0. The van der Waals surface area contributed by atoms with Crippen molar-refractivity contribution in [1.29, 1.82) is 5.26 Å². The number of benzene rings is 1. The van der Waals surface area contributed by atoms with E-state index in [2.05, 4.69) is 16.7 Å². The van der Waals surface area contributed by atoms with Gasteiger partial charge in [-0.25, -0.2) is 0 Å². The van der Waals surface area contributed by atoms with Gasteiger partial charge >= 0.3 is 0 Å². The van der Waals surface area contributed by atoms with Crippen LogP contribution in [-0.2, 0) is 4.79 Å². The number of carbonyl (C=O) groups excluding carboxylic acids is 1. The zero-order chi connectivity index (χ0) is 11.5.